The first-order chi connectivity index (χ1) is 16.0. The summed E-state index contributed by atoms with van der Waals surface area (Å²) in [5.41, 5.74) is 0.724. The third-order valence-electron chi connectivity index (χ3n) is 7.74. The lowest BCUT2D eigenvalue weighted by Gasteiger charge is -2.45. The monoisotopic (exact) mass is 453 g/mol. The molecule has 178 valence electrons. The van der Waals surface area contributed by atoms with E-state index in [-0.39, 0.29) is 17.9 Å². The minimum atomic E-state index is -0.969. The van der Waals surface area contributed by atoms with E-state index in [1.807, 2.05) is 35.8 Å². The second-order valence-electron chi connectivity index (χ2n) is 10.1. The van der Waals surface area contributed by atoms with Gasteiger partial charge in [-0.05, 0) is 50.7 Å². The maximum Gasteiger partial charge on any atom is 0.290 e. The lowest BCUT2D eigenvalue weighted by molar-refractivity contribution is -0.134. The molecule has 1 unspecified atom stereocenters. The fourth-order valence-corrected chi connectivity index (χ4v) is 5.49. The molecule has 8 heteroatoms. The van der Waals surface area contributed by atoms with Crippen LogP contribution in [0.4, 0.5) is 0 Å². The number of hydrogen-bond donors (Lipinski definition) is 1. The molecule has 2 amide bonds. The molecule has 2 aromatic rings. The Morgan fingerprint density at radius 3 is 2.64 bits per heavy atom. The predicted octanol–water partition coefficient (Wildman–Crippen LogP) is 2.28. The number of imidazole rings is 1. The number of amides is 2. The standard InChI is InChI=1S/C25H35N5O3/c1-18-7-9-19(10-8-18)26-24(32)25(2)17-29-21-6-4-3-5-20(21)27-22(29)23(31)30(25)12-11-28-13-15-33-16-14-28/h3-6,18-19H,7-17H2,1-2H3,(H,26,32). The van der Waals surface area contributed by atoms with Gasteiger partial charge in [0, 0.05) is 32.2 Å². The number of morpholine rings is 1. The molecule has 0 radical (unpaired) electrons. The van der Waals surface area contributed by atoms with Crippen molar-refractivity contribution < 1.29 is 14.3 Å². The largest absolute Gasteiger partial charge is 0.379 e. The van der Waals surface area contributed by atoms with Crippen LogP contribution in [0.15, 0.2) is 24.3 Å². The number of carbonyl (C=O) groups excluding carboxylic acids is 2. The van der Waals surface area contributed by atoms with Crippen LogP contribution in [0.25, 0.3) is 11.0 Å². The highest BCUT2D eigenvalue weighted by Gasteiger charge is 2.48. The zero-order chi connectivity index (χ0) is 23.0. The molecule has 1 aliphatic carbocycles. The first-order valence-electron chi connectivity index (χ1n) is 12.3. The molecule has 0 bridgehead atoms. The van der Waals surface area contributed by atoms with Gasteiger partial charge in [0.25, 0.3) is 5.91 Å². The van der Waals surface area contributed by atoms with Crippen molar-refractivity contribution in [2.75, 3.05) is 39.4 Å². The highest BCUT2D eigenvalue weighted by Crippen LogP contribution is 2.31. The van der Waals surface area contributed by atoms with E-state index < -0.39 is 5.54 Å². The second-order valence-corrected chi connectivity index (χ2v) is 10.1. The number of ether oxygens (including phenoxy) is 1. The Bertz CT molecular complexity index is 1020. The van der Waals surface area contributed by atoms with Crippen LogP contribution >= 0.6 is 0 Å². The van der Waals surface area contributed by atoms with Crippen molar-refractivity contribution in [1.29, 1.82) is 0 Å². The molecular weight excluding hydrogens is 418 g/mol. The number of carbonyl (C=O) groups is 2. The summed E-state index contributed by atoms with van der Waals surface area (Å²) in [7, 11) is 0. The minimum Gasteiger partial charge on any atom is -0.379 e. The van der Waals surface area contributed by atoms with Crippen LogP contribution < -0.4 is 5.32 Å². The van der Waals surface area contributed by atoms with Crippen LogP contribution in [0, 0.1) is 5.92 Å². The summed E-state index contributed by atoms with van der Waals surface area (Å²) >= 11 is 0. The molecule has 1 aromatic heterocycles. The van der Waals surface area contributed by atoms with Crippen LogP contribution in [0.3, 0.4) is 0 Å². The topological polar surface area (TPSA) is 79.7 Å². The number of nitrogens with zero attached hydrogens (tertiary/aromatic N) is 4. The molecule has 1 saturated heterocycles. The van der Waals surface area contributed by atoms with Crippen molar-refractivity contribution in [2.24, 2.45) is 5.92 Å². The third kappa shape index (κ3) is 4.26. The van der Waals surface area contributed by atoms with E-state index in [1.165, 1.54) is 0 Å². The quantitative estimate of drug-likeness (QED) is 0.751. The van der Waals surface area contributed by atoms with Gasteiger partial charge in [-0.2, -0.15) is 0 Å². The Labute approximate surface area is 195 Å². The summed E-state index contributed by atoms with van der Waals surface area (Å²) in [4.78, 5) is 36.2. The Balaban J connectivity index is 1.43. The first kappa shape index (κ1) is 22.3. The van der Waals surface area contributed by atoms with Gasteiger partial charge in [-0.3, -0.25) is 14.5 Å². The van der Waals surface area contributed by atoms with Crippen molar-refractivity contribution >= 4 is 22.8 Å². The Kier molecular flexibility index (Phi) is 6.14. The maximum atomic E-state index is 13.8. The van der Waals surface area contributed by atoms with Gasteiger partial charge in [0.15, 0.2) is 5.82 Å². The van der Waals surface area contributed by atoms with E-state index in [9.17, 15) is 9.59 Å². The van der Waals surface area contributed by atoms with Gasteiger partial charge < -0.3 is 19.5 Å². The fourth-order valence-electron chi connectivity index (χ4n) is 5.49. The molecular formula is C25H35N5O3. The Hall–Kier alpha value is -2.45. The molecule has 2 aliphatic heterocycles. The molecule has 0 spiro atoms. The summed E-state index contributed by atoms with van der Waals surface area (Å²) in [6.07, 6.45) is 4.28. The van der Waals surface area contributed by atoms with E-state index in [4.69, 9.17) is 4.74 Å². The second kappa shape index (κ2) is 9.06. The van der Waals surface area contributed by atoms with Crippen molar-refractivity contribution in [2.45, 2.75) is 57.7 Å². The number of para-hydroxylation sites is 2. The van der Waals surface area contributed by atoms with E-state index in [1.54, 1.807) is 4.90 Å². The number of hydrogen-bond acceptors (Lipinski definition) is 5. The zero-order valence-corrected chi connectivity index (χ0v) is 19.8. The van der Waals surface area contributed by atoms with E-state index in [0.717, 1.165) is 62.3 Å². The van der Waals surface area contributed by atoms with Gasteiger partial charge in [-0.1, -0.05) is 19.1 Å². The number of nitrogens with one attached hydrogen (secondary N) is 1. The van der Waals surface area contributed by atoms with E-state index >= 15 is 0 Å². The minimum absolute atomic E-state index is 0.0548. The highest BCUT2D eigenvalue weighted by atomic mass is 16.5. The normalized spacial score (nSPS) is 28.7. The SMILES string of the molecule is CC1CCC(NC(=O)C2(C)Cn3c(nc4ccccc43)C(=O)N2CCN2CCOCC2)CC1. The molecule has 8 nitrogen and oxygen atoms in total. The van der Waals surface area contributed by atoms with Crippen LogP contribution in [-0.2, 0) is 16.1 Å². The van der Waals surface area contributed by atoms with E-state index in [0.29, 0.717) is 32.1 Å². The lowest BCUT2D eigenvalue weighted by atomic mass is 9.86. The molecule has 1 N–H and O–H groups in total. The van der Waals surface area contributed by atoms with Crippen molar-refractivity contribution in [1.82, 2.24) is 24.7 Å². The smallest absolute Gasteiger partial charge is 0.290 e. The molecule has 3 aliphatic rings. The van der Waals surface area contributed by atoms with Gasteiger partial charge in [-0.25, -0.2) is 4.98 Å². The average molecular weight is 454 g/mol. The Morgan fingerprint density at radius 1 is 1.15 bits per heavy atom. The zero-order valence-electron chi connectivity index (χ0n) is 19.8. The van der Waals surface area contributed by atoms with Crippen LogP contribution in [0.2, 0.25) is 0 Å². The molecule has 5 rings (SSSR count). The first-order valence-corrected chi connectivity index (χ1v) is 12.3. The summed E-state index contributed by atoms with van der Waals surface area (Å²) < 4.78 is 7.40. The average Bonchev–Trinajstić information content (AvgIpc) is 3.19. The van der Waals surface area contributed by atoms with Crippen LogP contribution in [-0.4, -0.2) is 82.1 Å². The highest BCUT2D eigenvalue weighted by molar-refractivity contribution is 6.01. The number of fused-ring (bicyclic) bond motifs is 3. The fraction of sp³-hybridized carbons (Fsp3) is 0.640. The van der Waals surface area contributed by atoms with Crippen molar-refractivity contribution in [3.8, 4) is 0 Å². The van der Waals surface area contributed by atoms with Gasteiger partial charge >= 0.3 is 0 Å². The molecule has 2 fully saturated rings. The summed E-state index contributed by atoms with van der Waals surface area (Å²) in [5.74, 6) is 0.922. The number of aromatic nitrogens is 2. The molecule has 1 saturated carbocycles. The summed E-state index contributed by atoms with van der Waals surface area (Å²) in [5, 5.41) is 3.31. The lowest BCUT2D eigenvalue weighted by Crippen LogP contribution is -2.66. The molecule has 33 heavy (non-hydrogen) atoms. The molecule has 1 aromatic carbocycles. The number of benzene rings is 1. The number of rotatable bonds is 5. The third-order valence-corrected chi connectivity index (χ3v) is 7.74. The van der Waals surface area contributed by atoms with Gasteiger partial charge in [0.1, 0.15) is 5.54 Å². The van der Waals surface area contributed by atoms with Gasteiger partial charge in [0.05, 0.1) is 30.8 Å². The van der Waals surface area contributed by atoms with Gasteiger partial charge in [-0.15, -0.1) is 0 Å². The van der Waals surface area contributed by atoms with Crippen molar-refractivity contribution in [3.05, 3.63) is 30.1 Å². The van der Waals surface area contributed by atoms with Gasteiger partial charge in [0.2, 0.25) is 5.91 Å². The summed E-state index contributed by atoms with van der Waals surface area (Å²) in [6.45, 7) is 8.94. The predicted molar refractivity (Wildman–Crippen MR) is 126 cm³/mol. The van der Waals surface area contributed by atoms with Crippen LogP contribution in [0.1, 0.15) is 50.1 Å². The maximum absolute atomic E-state index is 13.8. The van der Waals surface area contributed by atoms with Crippen molar-refractivity contribution in [3.63, 3.8) is 0 Å². The molecule has 1 atom stereocenters. The molecule has 3 heterocycles. The Morgan fingerprint density at radius 2 is 1.88 bits per heavy atom. The summed E-state index contributed by atoms with van der Waals surface area (Å²) in [6, 6.07) is 7.96. The van der Waals surface area contributed by atoms with Crippen LogP contribution in [0.5, 0.6) is 0 Å². The van der Waals surface area contributed by atoms with E-state index in [2.05, 4.69) is 22.1 Å².